The molecule has 1 aromatic heterocycles. The van der Waals surface area contributed by atoms with Gasteiger partial charge in [-0.3, -0.25) is 0 Å². The minimum atomic E-state index is -1.65. The maximum absolute atomic E-state index is 8.88. The Morgan fingerprint density at radius 1 is 1.62 bits per heavy atom. The molecule has 0 aromatic carbocycles. The Labute approximate surface area is 83.1 Å². The van der Waals surface area contributed by atoms with Crippen LogP contribution in [0.15, 0.2) is 11.6 Å². The molecule has 3 nitrogen and oxygen atoms in total. The molecule has 1 atom stereocenters. The Balaban J connectivity index is 2.72. The Hall–Kier alpha value is -0.703. The second kappa shape index (κ2) is 4.00. The molecule has 0 aliphatic heterocycles. The fraction of sp³-hybridized carbons (Fsp3) is 0.500. The van der Waals surface area contributed by atoms with Crippen molar-refractivity contribution in [2.45, 2.75) is 25.7 Å². The Kier molecular flexibility index (Phi) is 3.20. The third kappa shape index (κ3) is 3.26. The predicted molar refractivity (Wildman–Crippen MR) is 54.9 cm³/mol. The summed E-state index contributed by atoms with van der Waals surface area (Å²) in [6.07, 6.45) is 1.21. The highest BCUT2D eigenvalue weighted by Gasteiger charge is 2.23. The zero-order chi connectivity index (χ0) is 9.90. The van der Waals surface area contributed by atoms with Gasteiger partial charge in [-0.2, -0.15) is 5.26 Å². The Morgan fingerprint density at radius 2 is 2.31 bits per heavy atom. The molecule has 0 N–H and O–H groups in total. The van der Waals surface area contributed by atoms with Crippen molar-refractivity contribution in [3.05, 3.63) is 16.6 Å². The summed E-state index contributed by atoms with van der Waals surface area (Å²) in [5.74, 6) is 0. The molecular weight excluding hydrogens is 200 g/mol. The second-order valence-electron chi connectivity index (χ2n) is 3.61. The summed E-state index contributed by atoms with van der Waals surface area (Å²) in [6.45, 7) is 6.18. The average molecular weight is 212 g/mol. The van der Waals surface area contributed by atoms with E-state index in [9.17, 15) is 0 Å². The van der Waals surface area contributed by atoms with Gasteiger partial charge in [0.2, 0.25) is 0 Å². The normalized spacial score (nSPS) is 13.7. The van der Waals surface area contributed by atoms with Crippen molar-refractivity contribution >= 4 is 19.7 Å². The number of hydrogen-bond donors (Lipinski definition) is 0. The summed E-state index contributed by atoms with van der Waals surface area (Å²) in [6, 6.07) is 2.12. The lowest BCUT2D eigenvalue weighted by Crippen LogP contribution is -2.27. The molecule has 0 aliphatic rings. The molecule has 0 fully saturated rings. The summed E-state index contributed by atoms with van der Waals surface area (Å²) in [5.41, 5.74) is 0. The number of aromatic nitrogens is 1. The molecule has 1 rings (SSSR count). The van der Waals surface area contributed by atoms with Gasteiger partial charge in [0.15, 0.2) is 14.4 Å². The van der Waals surface area contributed by atoms with Crippen molar-refractivity contribution in [2.24, 2.45) is 0 Å². The van der Waals surface area contributed by atoms with Gasteiger partial charge in [0.25, 0.3) is 0 Å². The monoisotopic (exact) mass is 212 g/mol. The minimum absolute atomic E-state index is 0.480. The van der Waals surface area contributed by atoms with E-state index in [1.165, 1.54) is 11.3 Å². The van der Waals surface area contributed by atoms with Crippen molar-refractivity contribution < 1.29 is 4.43 Å². The van der Waals surface area contributed by atoms with Gasteiger partial charge in [0, 0.05) is 11.6 Å². The van der Waals surface area contributed by atoms with Crippen molar-refractivity contribution in [3.63, 3.8) is 0 Å². The molecule has 0 aliphatic carbocycles. The van der Waals surface area contributed by atoms with Gasteiger partial charge in [0.1, 0.15) is 11.1 Å². The van der Waals surface area contributed by atoms with Gasteiger partial charge in [-0.05, 0) is 19.6 Å². The smallest absolute Gasteiger partial charge is 0.186 e. The quantitative estimate of drug-likeness (QED) is 0.723. The van der Waals surface area contributed by atoms with Crippen LogP contribution in [0.3, 0.4) is 0 Å². The summed E-state index contributed by atoms with van der Waals surface area (Å²) < 4.78 is 5.66. The van der Waals surface area contributed by atoms with Crippen LogP contribution in [0.4, 0.5) is 0 Å². The van der Waals surface area contributed by atoms with E-state index in [0.29, 0.717) is 0 Å². The first-order chi connectivity index (χ1) is 6.03. The molecule has 0 saturated carbocycles. The third-order valence-corrected chi connectivity index (χ3v) is 3.03. The zero-order valence-corrected chi connectivity index (χ0v) is 9.76. The van der Waals surface area contributed by atoms with Gasteiger partial charge < -0.3 is 4.43 Å². The topological polar surface area (TPSA) is 45.9 Å². The van der Waals surface area contributed by atoms with E-state index in [1.807, 2.05) is 5.38 Å². The highest BCUT2D eigenvalue weighted by Crippen LogP contribution is 2.22. The molecule has 0 radical (unpaired) electrons. The largest absolute Gasteiger partial charge is 0.397 e. The van der Waals surface area contributed by atoms with E-state index in [0.717, 1.165) is 5.01 Å². The first kappa shape index (κ1) is 10.4. The molecule has 70 valence electrons. The van der Waals surface area contributed by atoms with Crippen LogP contribution in [0.25, 0.3) is 0 Å². The van der Waals surface area contributed by atoms with Crippen LogP contribution >= 0.6 is 11.3 Å². The first-order valence-electron chi connectivity index (χ1n) is 4.00. The van der Waals surface area contributed by atoms with Crippen LogP contribution in [-0.2, 0) is 4.43 Å². The molecule has 0 amide bonds. The maximum atomic E-state index is 8.88. The minimum Gasteiger partial charge on any atom is -0.397 e. The SMILES string of the molecule is C[Si](C)(C)OC(C#N)c1nccs1. The molecule has 0 bridgehead atoms. The molecule has 1 unspecified atom stereocenters. The van der Waals surface area contributed by atoms with Crippen molar-refractivity contribution in [3.8, 4) is 6.07 Å². The molecule has 5 heteroatoms. The van der Waals surface area contributed by atoms with Gasteiger partial charge in [0.05, 0.1) is 0 Å². The van der Waals surface area contributed by atoms with E-state index in [-0.39, 0.29) is 0 Å². The second-order valence-corrected chi connectivity index (χ2v) is 9.00. The lowest BCUT2D eigenvalue weighted by atomic mass is 10.4. The van der Waals surface area contributed by atoms with Crippen LogP contribution < -0.4 is 0 Å². The summed E-state index contributed by atoms with van der Waals surface area (Å²) >= 11 is 1.46. The van der Waals surface area contributed by atoms with E-state index < -0.39 is 14.4 Å². The lowest BCUT2D eigenvalue weighted by Gasteiger charge is -2.19. The number of nitrogens with zero attached hydrogens (tertiary/aromatic N) is 2. The molecule has 13 heavy (non-hydrogen) atoms. The number of thiazole rings is 1. The van der Waals surface area contributed by atoms with Gasteiger partial charge in [-0.15, -0.1) is 11.3 Å². The third-order valence-electron chi connectivity index (χ3n) is 1.26. The fourth-order valence-electron chi connectivity index (χ4n) is 0.849. The standard InChI is InChI=1S/C8H12N2OSSi/c1-13(2,3)11-7(6-9)8-10-4-5-12-8/h4-5,7H,1-3H3. The Bertz CT molecular complexity index is 299. The fourth-order valence-corrected chi connectivity index (χ4v) is 2.41. The summed E-state index contributed by atoms with van der Waals surface area (Å²) in [4.78, 5) is 4.06. The molecular formula is C8H12N2OSSi. The van der Waals surface area contributed by atoms with Crippen LogP contribution in [0.5, 0.6) is 0 Å². The molecule has 0 saturated heterocycles. The van der Waals surface area contributed by atoms with E-state index >= 15 is 0 Å². The summed E-state index contributed by atoms with van der Waals surface area (Å²) in [7, 11) is -1.65. The first-order valence-corrected chi connectivity index (χ1v) is 8.28. The summed E-state index contributed by atoms with van der Waals surface area (Å²) in [5, 5.41) is 11.5. The van der Waals surface area contributed by atoms with Crippen LogP contribution in [0, 0.1) is 11.3 Å². The van der Waals surface area contributed by atoms with Crippen molar-refractivity contribution in [1.29, 1.82) is 5.26 Å². The van der Waals surface area contributed by atoms with Gasteiger partial charge in [-0.1, -0.05) is 0 Å². The Morgan fingerprint density at radius 3 is 2.69 bits per heavy atom. The average Bonchev–Trinajstić information content (AvgIpc) is 2.50. The maximum Gasteiger partial charge on any atom is 0.186 e. The molecule has 1 heterocycles. The van der Waals surface area contributed by atoms with E-state index in [1.54, 1.807) is 6.20 Å². The van der Waals surface area contributed by atoms with Crippen molar-refractivity contribution in [2.75, 3.05) is 0 Å². The lowest BCUT2D eigenvalue weighted by molar-refractivity contribution is 0.254. The predicted octanol–water partition coefficient (Wildman–Crippen LogP) is 2.56. The van der Waals surface area contributed by atoms with Crippen LogP contribution in [-0.4, -0.2) is 13.3 Å². The van der Waals surface area contributed by atoms with Crippen LogP contribution in [0.1, 0.15) is 11.1 Å². The van der Waals surface area contributed by atoms with Crippen molar-refractivity contribution in [1.82, 2.24) is 4.98 Å². The zero-order valence-electron chi connectivity index (χ0n) is 7.94. The number of rotatable bonds is 3. The van der Waals surface area contributed by atoms with E-state index in [2.05, 4.69) is 30.7 Å². The van der Waals surface area contributed by atoms with E-state index in [4.69, 9.17) is 9.69 Å². The van der Waals surface area contributed by atoms with Gasteiger partial charge in [-0.25, -0.2) is 4.98 Å². The highest BCUT2D eigenvalue weighted by molar-refractivity contribution is 7.09. The van der Waals surface area contributed by atoms with Gasteiger partial charge >= 0.3 is 0 Å². The highest BCUT2D eigenvalue weighted by atomic mass is 32.1. The number of hydrogen-bond acceptors (Lipinski definition) is 4. The number of nitriles is 1. The van der Waals surface area contributed by atoms with Crippen LogP contribution in [0.2, 0.25) is 19.6 Å². The molecule has 1 aromatic rings. The molecule has 0 spiro atoms.